The molecule has 0 saturated carbocycles. The Kier molecular flexibility index (Phi) is 6.57. The van der Waals surface area contributed by atoms with Gasteiger partial charge in [0.1, 0.15) is 5.60 Å². The Morgan fingerprint density at radius 2 is 1.76 bits per heavy atom. The third-order valence-corrected chi connectivity index (χ3v) is 5.05. The van der Waals surface area contributed by atoms with Gasteiger partial charge in [-0.1, -0.05) is 54.6 Å². The van der Waals surface area contributed by atoms with Crippen LogP contribution in [-0.4, -0.2) is 24.1 Å². The number of ether oxygens (including phenoxy) is 1. The van der Waals surface area contributed by atoms with Gasteiger partial charge in [0.25, 0.3) is 0 Å². The topological polar surface area (TPSA) is 67.4 Å². The summed E-state index contributed by atoms with van der Waals surface area (Å²) in [5.41, 5.74) is 2.77. The molecule has 0 radical (unpaired) electrons. The largest absolute Gasteiger partial charge is 0.444 e. The number of fused-ring (bicyclic) bond motifs is 1. The van der Waals surface area contributed by atoms with Crippen molar-refractivity contribution in [1.29, 1.82) is 0 Å². The Hall–Kier alpha value is -2.82. The molecule has 2 amide bonds. The number of carbonyl (C=O) groups excluding carboxylic acids is 2. The van der Waals surface area contributed by atoms with Gasteiger partial charge in [-0.3, -0.25) is 4.79 Å². The molecule has 0 heterocycles. The fourth-order valence-electron chi connectivity index (χ4n) is 3.72. The van der Waals surface area contributed by atoms with Gasteiger partial charge in [-0.25, -0.2) is 4.79 Å². The Labute approximate surface area is 172 Å². The molecule has 0 saturated heterocycles. The van der Waals surface area contributed by atoms with Gasteiger partial charge in [0.2, 0.25) is 5.91 Å². The van der Waals surface area contributed by atoms with E-state index in [1.54, 1.807) is 0 Å². The maximum atomic E-state index is 13.2. The first-order valence-electron chi connectivity index (χ1n) is 10.2. The zero-order valence-corrected chi connectivity index (χ0v) is 17.4. The zero-order chi connectivity index (χ0) is 20.9. The molecule has 2 aromatic rings. The number of aryl methyl sites for hydroxylation is 1. The van der Waals surface area contributed by atoms with E-state index in [0.717, 1.165) is 24.8 Å². The van der Waals surface area contributed by atoms with E-state index >= 15 is 0 Å². The van der Waals surface area contributed by atoms with Gasteiger partial charge in [0, 0.05) is 6.54 Å². The summed E-state index contributed by atoms with van der Waals surface area (Å²) < 4.78 is 5.32. The number of rotatable bonds is 5. The van der Waals surface area contributed by atoms with Crippen LogP contribution in [0.5, 0.6) is 0 Å². The maximum Gasteiger partial charge on any atom is 0.407 e. The molecular weight excluding hydrogens is 364 g/mol. The second-order valence-electron chi connectivity index (χ2n) is 8.50. The molecule has 0 unspecified atom stereocenters. The third kappa shape index (κ3) is 5.83. The number of benzene rings is 2. The van der Waals surface area contributed by atoms with Crippen molar-refractivity contribution < 1.29 is 14.3 Å². The Morgan fingerprint density at radius 3 is 2.48 bits per heavy atom. The number of hydrogen-bond acceptors (Lipinski definition) is 3. The van der Waals surface area contributed by atoms with Gasteiger partial charge in [-0.15, -0.1) is 0 Å². The minimum atomic E-state index is -0.583. The van der Waals surface area contributed by atoms with E-state index in [1.165, 1.54) is 11.1 Å². The number of amides is 2. The minimum absolute atomic E-state index is 0.000175. The highest BCUT2D eigenvalue weighted by Crippen LogP contribution is 2.30. The van der Waals surface area contributed by atoms with E-state index in [-0.39, 0.29) is 18.5 Å². The lowest BCUT2D eigenvalue weighted by Crippen LogP contribution is -2.41. The van der Waals surface area contributed by atoms with Crippen molar-refractivity contribution in [3.8, 4) is 0 Å². The molecule has 29 heavy (non-hydrogen) atoms. The van der Waals surface area contributed by atoms with Crippen molar-refractivity contribution >= 4 is 12.0 Å². The van der Waals surface area contributed by atoms with E-state index < -0.39 is 17.6 Å². The molecule has 0 aliphatic heterocycles. The van der Waals surface area contributed by atoms with Crippen LogP contribution in [0.3, 0.4) is 0 Å². The van der Waals surface area contributed by atoms with Crippen LogP contribution in [0, 0.1) is 0 Å². The van der Waals surface area contributed by atoms with Gasteiger partial charge in [0.15, 0.2) is 0 Å². The first-order valence-corrected chi connectivity index (χ1v) is 10.2. The summed E-state index contributed by atoms with van der Waals surface area (Å²) in [6, 6.07) is 17.8. The molecular formula is C24H30N2O3. The first kappa shape index (κ1) is 20.9. The highest BCUT2D eigenvalue weighted by molar-refractivity contribution is 5.85. The predicted molar refractivity (Wildman–Crippen MR) is 114 cm³/mol. The summed E-state index contributed by atoms with van der Waals surface area (Å²) in [5.74, 6) is -0.577. The van der Waals surface area contributed by atoms with Crippen LogP contribution in [0.2, 0.25) is 0 Å². The average Bonchev–Trinajstić information content (AvgIpc) is 2.68. The molecule has 2 atom stereocenters. The Bertz CT molecular complexity index is 843. The lowest BCUT2D eigenvalue weighted by atomic mass is 9.87. The molecule has 154 valence electrons. The molecule has 5 heteroatoms. The van der Waals surface area contributed by atoms with Crippen LogP contribution >= 0.6 is 0 Å². The van der Waals surface area contributed by atoms with Crippen LogP contribution in [0.1, 0.15) is 62.3 Å². The van der Waals surface area contributed by atoms with Crippen molar-refractivity contribution in [1.82, 2.24) is 10.6 Å². The van der Waals surface area contributed by atoms with Crippen molar-refractivity contribution in [2.75, 3.05) is 6.54 Å². The summed E-state index contributed by atoms with van der Waals surface area (Å²) >= 11 is 0. The summed E-state index contributed by atoms with van der Waals surface area (Å²) in [7, 11) is 0. The number of nitrogens with one attached hydrogen (secondary N) is 2. The molecule has 3 rings (SSSR count). The van der Waals surface area contributed by atoms with Crippen molar-refractivity contribution in [3.05, 3.63) is 71.3 Å². The molecule has 0 aromatic heterocycles. The molecule has 2 N–H and O–H groups in total. The van der Waals surface area contributed by atoms with E-state index in [9.17, 15) is 9.59 Å². The third-order valence-electron chi connectivity index (χ3n) is 5.05. The van der Waals surface area contributed by atoms with E-state index in [1.807, 2.05) is 63.2 Å². The van der Waals surface area contributed by atoms with Crippen LogP contribution < -0.4 is 10.6 Å². The minimum Gasteiger partial charge on any atom is -0.444 e. The molecule has 0 spiro atoms. The smallest absolute Gasteiger partial charge is 0.407 e. The summed E-state index contributed by atoms with van der Waals surface area (Å²) in [5, 5.41) is 5.97. The maximum absolute atomic E-state index is 13.2. The van der Waals surface area contributed by atoms with Crippen molar-refractivity contribution in [2.45, 2.75) is 57.6 Å². The van der Waals surface area contributed by atoms with Crippen LogP contribution in [0.15, 0.2) is 54.6 Å². The number of alkyl carbamates (subject to hydrolysis) is 1. The van der Waals surface area contributed by atoms with Crippen LogP contribution in [0.25, 0.3) is 0 Å². The van der Waals surface area contributed by atoms with Crippen molar-refractivity contribution in [3.63, 3.8) is 0 Å². The second kappa shape index (κ2) is 9.12. The quantitative estimate of drug-likeness (QED) is 0.785. The van der Waals surface area contributed by atoms with Crippen LogP contribution in [0.4, 0.5) is 4.79 Å². The van der Waals surface area contributed by atoms with Gasteiger partial charge < -0.3 is 15.4 Å². The van der Waals surface area contributed by atoms with Crippen molar-refractivity contribution in [2.24, 2.45) is 0 Å². The van der Waals surface area contributed by atoms with Gasteiger partial charge >= 0.3 is 6.09 Å². The fraction of sp³-hybridized carbons (Fsp3) is 0.417. The Balaban J connectivity index is 1.73. The van der Waals surface area contributed by atoms with E-state index in [2.05, 4.69) is 22.8 Å². The highest BCUT2D eigenvalue weighted by atomic mass is 16.6. The number of carbonyl (C=O) groups is 2. The molecule has 0 bridgehead atoms. The summed E-state index contributed by atoms with van der Waals surface area (Å²) in [6.07, 6.45) is 2.50. The van der Waals surface area contributed by atoms with Gasteiger partial charge in [-0.2, -0.15) is 0 Å². The van der Waals surface area contributed by atoms with Crippen LogP contribution in [-0.2, 0) is 16.0 Å². The average molecular weight is 395 g/mol. The molecule has 2 aromatic carbocycles. The van der Waals surface area contributed by atoms with Gasteiger partial charge in [-0.05, 0) is 56.7 Å². The summed E-state index contributed by atoms with van der Waals surface area (Å²) in [6.45, 7) is 5.62. The van der Waals surface area contributed by atoms with Gasteiger partial charge in [0.05, 0.1) is 12.0 Å². The Morgan fingerprint density at radius 1 is 1.07 bits per heavy atom. The second-order valence-corrected chi connectivity index (χ2v) is 8.50. The van der Waals surface area contributed by atoms with E-state index in [0.29, 0.717) is 0 Å². The molecule has 0 fully saturated rings. The summed E-state index contributed by atoms with van der Waals surface area (Å²) in [4.78, 5) is 25.3. The molecule has 1 aliphatic rings. The standard InChI is InChI=1S/C24H30N2O3/c1-24(2,3)29-23(28)25-16-20(18-10-5-4-6-11-18)22(27)26-21-15-9-13-17-12-7-8-14-19(17)21/h4-8,10-12,14,20-21H,9,13,15-16H2,1-3H3,(H,25,28)(H,26,27)/t20-,21-/m1/s1. The monoisotopic (exact) mass is 394 g/mol. The normalized spacial score (nSPS) is 17.0. The number of hydrogen-bond donors (Lipinski definition) is 2. The fourth-order valence-corrected chi connectivity index (χ4v) is 3.72. The van der Waals surface area contributed by atoms with E-state index in [4.69, 9.17) is 4.74 Å². The zero-order valence-electron chi connectivity index (χ0n) is 17.4. The lowest BCUT2D eigenvalue weighted by molar-refractivity contribution is -0.123. The molecule has 1 aliphatic carbocycles. The first-order chi connectivity index (χ1) is 13.8. The highest BCUT2D eigenvalue weighted by Gasteiger charge is 2.27. The molecule has 5 nitrogen and oxygen atoms in total. The predicted octanol–water partition coefficient (Wildman–Crippen LogP) is 4.49. The lowest BCUT2D eigenvalue weighted by Gasteiger charge is -2.28. The SMILES string of the molecule is CC(C)(C)OC(=O)NC[C@@H](C(=O)N[C@@H]1CCCc2ccccc21)c1ccccc1.